The van der Waals surface area contributed by atoms with Crippen molar-refractivity contribution in [3.05, 3.63) is 36.4 Å². The van der Waals surface area contributed by atoms with Crippen molar-refractivity contribution in [2.24, 2.45) is 5.92 Å². The predicted molar refractivity (Wildman–Crippen MR) is 96.9 cm³/mol. The largest absolute Gasteiger partial charge is 0.493 e. The highest BCUT2D eigenvalue weighted by Crippen LogP contribution is 2.33. The van der Waals surface area contributed by atoms with Crippen molar-refractivity contribution in [3.8, 4) is 5.75 Å². The molecule has 0 atom stereocenters. The van der Waals surface area contributed by atoms with Crippen LogP contribution in [0.25, 0.3) is 10.8 Å². The maximum absolute atomic E-state index is 13.1. The molecule has 2 aromatic carbocycles. The van der Waals surface area contributed by atoms with Crippen LogP contribution < -0.4 is 4.74 Å². The maximum Gasteiger partial charge on any atom is 0.243 e. The molecule has 1 fully saturated rings. The molecule has 0 N–H and O–H groups in total. The van der Waals surface area contributed by atoms with Gasteiger partial charge in [0.1, 0.15) is 5.75 Å². The minimum atomic E-state index is -3.47. The van der Waals surface area contributed by atoms with Crippen molar-refractivity contribution >= 4 is 20.8 Å². The van der Waals surface area contributed by atoms with Gasteiger partial charge in [0.25, 0.3) is 0 Å². The molecule has 1 aliphatic heterocycles. The van der Waals surface area contributed by atoms with Crippen LogP contribution in [0.1, 0.15) is 33.1 Å². The van der Waals surface area contributed by atoms with Crippen LogP contribution in [0.4, 0.5) is 0 Å². The fourth-order valence-electron chi connectivity index (χ4n) is 3.17. The first-order valence-electron chi connectivity index (χ1n) is 8.68. The second-order valence-electron chi connectivity index (χ2n) is 6.54. The van der Waals surface area contributed by atoms with Crippen LogP contribution in [0.15, 0.2) is 41.3 Å². The van der Waals surface area contributed by atoms with Crippen molar-refractivity contribution in [3.63, 3.8) is 0 Å². The Morgan fingerprint density at radius 3 is 2.42 bits per heavy atom. The average molecular weight is 347 g/mol. The van der Waals surface area contributed by atoms with E-state index in [4.69, 9.17) is 4.74 Å². The summed E-state index contributed by atoms with van der Waals surface area (Å²) in [6.45, 7) is 6.07. The van der Waals surface area contributed by atoms with Crippen molar-refractivity contribution in [2.75, 3.05) is 19.7 Å². The van der Waals surface area contributed by atoms with Gasteiger partial charge < -0.3 is 4.74 Å². The Labute approximate surface area is 144 Å². The second kappa shape index (κ2) is 7.11. The van der Waals surface area contributed by atoms with Gasteiger partial charge in [0.15, 0.2) is 0 Å². The van der Waals surface area contributed by atoms with E-state index in [0.717, 1.165) is 35.8 Å². The molecule has 1 aliphatic rings. The molecule has 5 heteroatoms. The summed E-state index contributed by atoms with van der Waals surface area (Å²) in [7, 11) is -3.47. The maximum atomic E-state index is 13.1. The number of benzene rings is 2. The van der Waals surface area contributed by atoms with Crippen LogP contribution in [0.2, 0.25) is 0 Å². The lowest BCUT2D eigenvalue weighted by Crippen LogP contribution is -2.37. The van der Waals surface area contributed by atoms with Crippen LogP contribution in [0.3, 0.4) is 0 Å². The number of fused-ring (bicyclic) bond motifs is 1. The van der Waals surface area contributed by atoms with Gasteiger partial charge in [0.2, 0.25) is 10.0 Å². The van der Waals surface area contributed by atoms with Gasteiger partial charge in [-0.05, 0) is 37.3 Å². The molecule has 4 nitrogen and oxygen atoms in total. The molecular formula is C19H25NO3S. The number of hydrogen-bond acceptors (Lipinski definition) is 3. The molecule has 0 bridgehead atoms. The van der Waals surface area contributed by atoms with E-state index in [1.54, 1.807) is 16.4 Å². The summed E-state index contributed by atoms with van der Waals surface area (Å²) >= 11 is 0. The molecule has 1 heterocycles. The predicted octanol–water partition coefficient (Wildman–Crippen LogP) is 4.05. The summed E-state index contributed by atoms with van der Waals surface area (Å²) in [6, 6.07) is 11.1. The Morgan fingerprint density at radius 2 is 1.75 bits per heavy atom. The Balaban J connectivity index is 2.03. The van der Waals surface area contributed by atoms with Crippen LogP contribution in [0, 0.1) is 5.92 Å². The highest BCUT2D eigenvalue weighted by molar-refractivity contribution is 7.89. The summed E-state index contributed by atoms with van der Waals surface area (Å²) in [4.78, 5) is 0.386. The molecule has 0 radical (unpaired) electrons. The Kier molecular flexibility index (Phi) is 5.11. The number of ether oxygens (including phenoxy) is 1. The summed E-state index contributed by atoms with van der Waals surface area (Å²) in [5.74, 6) is 1.34. The van der Waals surface area contributed by atoms with Gasteiger partial charge in [-0.2, -0.15) is 4.31 Å². The number of piperidine rings is 1. The van der Waals surface area contributed by atoms with Gasteiger partial charge in [-0.3, -0.25) is 0 Å². The third kappa shape index (κ3) is 3.28. The lowest BCUT2D eigenvalue weighted by molar-refractivity contribution is 0.288. The lowest BCUT2D eigenvalue weighted by Gasteiger charge is -2.29. The Hall–Kier alpha value is -1.59. The van der Waals surface area contributed by atoms with E-state index < -0.39 is 10.0 Å². The number of rotatable bonds is 5. The first kappa shape index (κ1) is 17.2. The van der Waals surface area contributed by atoms with Crippen molar-refractivity contribution < 1.29 is 13.2 Å². The van der Waals surface area contributed by atoms with Crippen molar-refractivity contribution in [1.29, 1.82) is 0 Å². The summed E-state index contributed by atoms with van der Waals surface area (Å²) in [5.41, 5.74) is 0. The molecule has 0 unspecified atom stereocenters. The van der Waals surface area contributed by atoms with Gasteiger partial charge in [-0.1, -0.05) is 38.1 Å². The van der Waals surface area contributed by atoms with Crippen molar-refractivity contribution in [1.82, 2.24) is 4.31 Å². The molecule has 130 valence electrons. The average Bonchev–Trinajstić information content (AvgIpc) is 2.60. The molecular weight excluding hydrogens is 322 g/mol. The van der Waals surface area contributed by atoms with E-state index in [-0.39, 0.29) is 0 Å². The molecule has 0 aromatic heterocycles. The molecule has 0 saturated carbocycles. The highest BCUT2D eigenvalue weighted by Gasteiger charge is 2.29. The molecule has 24 heavy (non-hydrogen) atoms. The minimum Gasteiger partial charge on any atom is -0.493 e. The monoisotopic (exact) mass is 347 g/mol. The van der Waals surface area contributed by atoms with E-state index in [9.17, 15) is 8.42 Å². The van der Waals surface area contributed by atoms with E-state index in [2.05, 4.69) is 13.8 Å². The third-order valence-electron chi connectivity index (χ3n) is 4.67. The van der Waals surface area contributed by atoms with Crippen LogP contribution in [-0.2, 0) is 10.0 Å². The zero-order valence-electron chi connectivity index (χ0n) is 14.4. The molecule has 0 aliphatic carbocycles. The zero-order chi connectivity index (χ0) is 17.2. The van der Waals surface area contributed by atoms with Crippen molar-refractivity contribution in [2.45, 2.75) is 38.0 Å². The molecule has 2 aromatic rings. The summed E-state index contributed by atoms with van der Waals surface area (Å²) < 4.78 is 33.7. The highest BCUT2D eigenvalue weighted by atomic mass is 32.2. The lowest BCUT2D eigenvalue weighted by atomic mass is 10.0. The number of nitrogens with zero attached hydrogens (tertiary/aromatic N) is 1. The van der Waals surface area contributed by atoms with Crippen LogP contribution in [-0.4, -0.2) is 32.4 Å². The van der Waals surface area contributed by atoms with Gasteiger partial charge >= 0.3 is 0 Å². The molecule has 0 amide bonds. The van der Waals surface area contributed by atoms with Gasteiger partial charge in [0.05, 0.1) is 11.5 Å². The van der Waals surface area contributed by atoms with E-state index in [1.807, 2.05) is 24.3 Å². The quantitative estimate of drug-likeness (QED) is 0.820. The zero-order valence-corrected chi connectivity index (χ0v) is 15.2. The second-order valence-corrected chi connectivity index (χ2v) is 8.45. The Bertz CT molecular complexity index is 808. The van der Waals surface area contributed by atoms with Crippen LogP contribution in [0.5, 0.6) is 5.75 Å². The smallest absolute Gasteiger partial charge is 0.243 e. The number of sulfonamides is 1. The fraction of sp³-hybridized carbons (Fsp3) is 0.474. The van der Waals surface area contributed by atoms with Gasteiger partial charge in [-0.25, -0.2) is 8.42 Å². The van der Waals surface area contributed by atoms with Gasteiger partial charge in [0, 0.05) is 23.9 Å². The standard InChI is InChI=1S/C19H25NO3S/c1-3-14-23-18-8-9-19(17-7-5-4-6-16(17)18)24(21,22)20-12-10-15(2)11-13-20/h4-9,15H,3,10-14H2,1-2H3. The normalized spacial score (nSPS) is 17.2. The SMILES string of the molecule is CCCOc1ccc(S(=O)(=O)N2CCC(C)CC2)c2ccccc12. The molecule has 1 saturated heterocycles. The topological polar surface area (TPSA) is 46.6 Å². The Morgan fingerprint density at radius 1 is 1.08 bits per heavy atom. The van der Waals surface area contributed by atoms with E-state index in [1.165, 1.54) is 0 Å². The fourth-order valence-corrected chi connectivity index (χ4v) is 4.84. The minimum absolute atomic E-state index is 0.386. The van der Waals surface area contributed by atoms with E-state index >= 15 is 0 Å². The third-order valence-corrected chi connectivity index (χ3v) is 6.62. The summed E-state index contributed by atoms with van der Waals surface area (Å²) in [5, 5.41) is 1.60. The molecule has 3 rings (SSSR count). The van der Waals surface area contributed by atoms with Gasteiger partial charge in [-0.15, -0.1) is 0 Å². The summed E-state index contributed by atoms with van der Waals surface area (Å²) in [6.07, 6.45) is 2.77. The number of hydrogen-bond donors (Lipinski definition) is 0. The first-order chi connectivity index (χ1) is 11.5. The first-order valence-corrected chi connectivity index (χ1v) is 10.1. The van der Waals surface area contributed by atoms with Crippen LogP contribution >= 0.6 is 0 Å². The molecule has 0 spiro atoms. The van der Waals surface area contributed by atoms with E-state index in [0.29, 0.717) is 30.5 Å².